The average Bonchev–Trinajstić information content (AvgIpc) is 3.43. The molecule has 0 unspecified atom stereocenters. The molecule has 1 aromatic carbocycles. The summed E-state index contributed by atoms with van der Waals surface area (Å²) in [5, 5.41) is 15.6. The van der Waals surface area contributed by atoms with Crippen molar-refractivity contribution in [3.05, 3.63) is 30.2 Å². The zero-order chi connectivity index (χ0) is 25.7. The highest BCUT2D eigenvalue weighted by Crippen LogP contribution is 2.36. The standard InChI is InChI=1S/C24H27F3N8O2/c1-13(8-25)35-20-7-14(3-4-19(20)30-32-35)21-17(27)10-34-22(21)23(36-2)29-24(31-34)28-18-5-6-33(9-16(18)26)15-11-37-12-15/h3-4,7,10,13,15-16,18H,5-6,8-9,11-12H2,1-2H3,(H,28,31)/t13-,16+,18+/m0/s1. The van der Waals surface area contributed by atoms with Gasteiger partial charge in [-0.3, -0.25) is 4.90 Å². The Hall–Kier alpha value is -3.45. The molecule has 6 rings (SSSR count). The van der Waals surface area contributed by atoms with E-state index in [0.29, 0.717) is 48.3 Å². The van der Waals surface area contributed by atoms with Crippen molar-refractivity contribution in [2.45, 2.75) is 37.6 Å². The van der Waals surface area contributed by atoms with E-state index < -0.39 is 30.7 Å². The summed E-state index contributed by atoms with van der Waals surface area (Å²) in [5.41, 5.74) is 2.21. The zero-order valence-electron chi connectivity index (χ0n) is 20.4. The first kappa shape index (κ1) is 23.9. The number of anilines is 1. The number of nitrogens with one attached hydrogen (secondary N) is 1. The number of likely N-dealkylation sites (tertiary alicyclic amines) is 1. The molecule has 1 N–H and O–H groups in total. The van der Waals surface area contributed by atoms with Crippen LogP contribution in [0.4, 0.5) is 19.1 Å². The number of fused-ring (bicyclic) bond motifs is 2. The number of halogens is 3. The molecule has 10 nitrogen and oxygen atoms in total. The molecule has 3 atom stereocenters. The van der Waals surface area contributed by atoms with E-state index in [1.807, 2.05) is 0 Å². The summed E-state index contributed by atoms with van der Waals surface area (Å²) < 4.78 is 57.2. The molecule has 0 spiro atoms. The van der Waals surface area contributed by atoms with E-state index >= 15 is 4.39 Å². The molecule has 4 aromatic rings. The Balaban J connectivity index is 1.33. The summed E-state index contributed by atoms with van der Waals surface area (Å²) >= 11 is 0. The second-order valence-corrected chi connectivity index (χ2v) is 9.57. The molecule has 0 amide bonds. The summed E-state index contributed by atoms with van der Waals surface area (Å²) in [5.74, 6) is -0.255. The molecule has 3 aromatic heterocycles. The molecule has 2 fully saturated rings. The number of hydrogen-bond donors (Lipinski definition) is 1. The molecule has 2 saturated heterocycles. The Labute approximate surface area is 210 Å². The van der Waals surface area contributed by atoms with Crippen LogP contribution in [0.2, 0.25) is 0 Å². The third-order valence-corrected chi connectivity index (χ3v) is 7.17. The van der Waals surface area contributed by atoms with Gasteiger partial charge in [0.2, 0.25) is 11.8 Å². The molecular weight excluding hydrogens is 489 g/mol. The Bertz CT molecular complexity index is 1440. The van der Waals surface area contributed by atoms with Gasteiger partial charge in [-0.25, -0.2) is 22.4 Å². The zero-order valence-corrected chi connectivity index (χ0v) is 20.4. The maximum atomic E-state index is 15.3. The van der Waals surface area contributed by atoms with Crippen LogP contribution in [0.1, 0.15) is 19.4 Å². The first-order valence-corrected chi connectivity index (χ1v) is 12.2. The van der Waals surface area contributed by atoms with Gasteiger partial charge >= 0.3 is 0 Å². The van der Waals surface area contributed by atoms with Crippen LogP contribution in [-0.4, -0.2) is 92.8 Å². The monoisotopic (exact) mass is 516 g/mol. The summed E-state index contributed by atoms with van der Waals surface area (Å²) in [7, 11) is 1.43. The lowest BCUT2D eigenvalue weighted by atomic mass is 10.0. The van der Waals surface area contributed by atoms with E-state index in [9.17, 15) is 8.78 Å². The van der Waals surface area contributed by atoms with E-state index in [2.05, 4.69) is 30.6 Å². The highest BCUT2D eigenvalue weighted by molar-refractivity contribution is 5.89. The normalized spacial score (nSPS) is 21.9. The molecule has 2 aliphatic rings. The van der Waals surface area contributed by atoms with Gasteiger partial charge in [0.1, 0.15) is 23.9 Å². The van der Waals surface area contributed by atoms with Crippen LogP contribution < -0.4 is 10.1 Å². The number of benzene rings is 1. The Kier molecular flexibility index (Phi) is 6.11. The smallest absolute Gasteiger partial charge is 0.244 e. The second kappa shape index (κ2) is 9.45. The van der Waals surface area contributed by atoms with Crippen LogP contribution in [0, 0.1) is 5.82 Å². The van der Waals surface area contributed by atoms with Gasteiger partial charge in [-0.05, 0) is 31.0 Å². The fraction of sp³-hybridized carbons (Fsp3) is 0.500. The van der Waals surface area contributed by atoms with E-state index in [4.69, 9.17) is 9.47 Å². The summed E-state index contributed by atoms with van der Waals surface area (Å²) in [6.07, 6.45) is 0.690. The minimum Gasteiger partial charge on any atom is -0.479 e. The first-order chi connectivity index (χ1) is 18.0. The van der Waals surface area contributed by atoms with E-state index in [1.54, 1.807) is 25.1 Å². The Morgan fingerprint density at radius 2 is 2.14 bits per heavy atom. The highest BCUT2D eigenvalue weighted by atomic mass is 19.1. The van der Waals surface area contributed by atoms with Crippen LogP contribution in [0.5, 0.6) is 5.88 Å². The third-order valence-electron chi connectivity index (χ3n) is 7.17. The topological polar surface area (TPSA) is 94.6 Å². The van der Waals surface area contributed by atoms with E-state index in [1.165, 1.54) is 22.5 Å². The minimum absolute atomic E-state index is 0.139. The highest BCUT2D eigenvalue weighted by Gasteiger charge is 2.36. The Morgan fingerprint density at radius 1 is 1.30 bits per heavy atom. The number of ether oxygens (including phenoxy) is 2. The maximum Gasteiger partial charge on any atom is 0.244 e. The van der Waals surface area contributed by atoms with Crippen LogP contribution in [0.25, 0.3) is 27.7 Å². The van der Waals surface area contributed by atoms with E-state index in [-0.39, 0.29) is 23.4 Å². The SMILES string of the molecule is COc1nc(N[C@@H]2CCN(C3COC3)C[C@H]2F)nn2cc(F)c(-c3ccc4nnn([C@@H](C)CF)c4c3)c12. The van der Waals surface area contributed by atoms with Crippen molar-refractivity contribution >= 4 is 22.5 Å². The maximum absolute atomic E-state index is 15.3. The predicted octanol–water partition coefficient (Wildman–Crippen LogP) is 3.04. The van der Waals surface area contributed by atoms with Crippen molar-refractivity contribution in [3.63, 3.8) is 0 Å². The first-order valence-electron chi connectivity index (χ1n) is 12.2. The van der Waals surface area contributed by atoms with E-state index in [0.717, 1.165) is 6.54 Å². The quantitative estimate of drug-likeness (QED) is 0.401. The minimum atomic E-state index is -1.12. The summed E-state index contributed by atoms with van der Waals surface area (Å²) in [6, 6.07) is 4.40. The number of methoxy groups -OCH3 is 1. The molecule has 0 saturated carbocycles. The van der Waals surface area contributed by atoms with Gasteiger partial charge in [0.25, 0.3) is 0 Å². The molecule has 0 aliphatic carbocycles. The summed E-state index contributed by atoms with van der Waals surface area (Å²) in [6.45, 7) is 3.41. The van der Waals surface area contributed by atoms with Gasteiger partial charge in [-0.2, -0.15) is 4.98 Å². The number of piperidine rings is 1. The number of aromatic nitrogens is 6. The third kappa shape index (κ3) is 4.15. The van der Waals surface area contributed by atoms with Gasteiger partial charge in [-0.15, -0.1) is 10.2 Å². The van der Waals surface area contributed by atoms with Crippen molar-refractivity contribution in [1.82, 2.24) is 34.5 Å². The lowest BCUT2D eigenvalue weighted by Crippen LogP contribution is -2.57. The average molecular weight is 517 g/mol. The molecule has 2 aliphatic heterocycles. The van der Waals surface area contributed by atoms with Crippen molar-refractivity contribution in [2.75, 3.05) is 45.4 Å². The fourth-order valence-corrected chi connectivity index (χ4v) is 5.00. The molecule has 0 radical (unpaired) electrons. The molecule has 0 bridgehead atoms. The number of nitrogens with zero attached hydrogens (tertiary/aromatic N) is 7. The summed E-state index contributed by atoms with van der Waals surface area (Å²) in [4.78, 5) is 6.54. The lowest BCUT2D eigenvalue weighted by Gasteiger charge is -2.42. The van der Waals surface area contributed by atoms with Crippen LogP contribution in [-0.2, 0) is 4.74 Å². The van der Waals surface area contributed by atoms with Crippen molar-refractivity contribution in [2.24, 2.45) is 0 Å². The second-order valence-electron chi connectivity index (χ2n) is 9.57. The predicted molar refractivity (Wildman–Crippen MR) is 130 cm³/mol. The van der Waals surface area contributed by atoms with Gasteiger partial charge in [0.05, 0.1) is 55.7 Å². The molecule has 37 heavy (non-hydrogen) atoms. The van der Waals surface area contributed by atoms with Gasteiger partial charge in [0.15, 0.2) is 5.82 Å². The lowest BCUT2D eigenvalue weighted by molar-refractivity contribution is -0.0794. The Morgan fingerprint density at radius 3 is 2.84 bits per heavy atom. The number of hydrogen-bond acceptors (Lipinski definition) is 8. The van der Waals surface area contributed by atoms with Gasteiger partial charge in [0, 0.05) is 13.1 Å². The largest absolute Gasteiger partial charge is 0.479 e. The van der Waals surface area contributed by atoms with Crippen molar-refractivity contribution < 1.29 is 22.6 Å². The van der Waals surface area contributed by atoms with Crippen LogP contribution in [0.15, 0.2) is 24.4 Å². The molecule has 5 heterocycles. The number of alkyl halides is 2. The van der Waals surface area contributed by atoms with Crippen LogP contribution >= 0.6 is 0 Å². The molecule has 13 heteroatoms. The van der Waals surface area contributed by atoms with Crippen LogP contribution in [0.3, 0.4) is 0 Å². The van der Waals surface area contributed by atoms with Gasteiger partial charge < -0.3 is 14.8 Å². The molecule has 196 valence electrons. The van der Waals surface area contributed by atoms with Gasteiger partial charge in [-0.1, -0.05) is 11.3 Å². The van der Waals surface area contributed by atoms with Crippen molar-refractivity contribution in [1.29, 1.82) is 0 Å². The van der Waals surface area contributed by atoms with Crippen molar-refractivity contribution in [3.8, 4) is 17.0 Å². The fourth-order valence-electron chi connectivity index (χ4n) is 5.00. The molecular formula is C24H27F3N8O2. The number of rotatable bonds is 7.